The van der Waals surface area contributed by atoms with Crippen LogP contribution in [0.4, 0.5) is 0 Å². The molecule has 8 nitrogen and oxygen atoms in total. The Labute approximate surface area is 138 Å². The van der Waals surface area contributed by atoms with E-state index < -0.39 is 27.6 Å². The maximum Gasteiger partial charge on any atom is 0.269 e. The van der Waals surface area contributed by atoms with Crippen LogP contribution in [0, 0.1) is 5.92 Å². The van der Waals surface area contributed by atoms with Gasteiger partial charge in [0.05, 0.1) is 23.1 Å². The molecule has 3 rings (SSSR count). The van der Waals surface area contributed by atoms with Crippen molar-refractivity contribution in [3.8, 4) is 5.69 Å². The van der Waals surface area contributed by atoms with Crippen LogP contribution in [0.1, 0.15) is 16.8 Å². The number of benzene rings is 1. The summed E-state index contributed by atoms with van der Waals surface area (Å²) in [7, 11) is -3.14. The molecule has 1 aliphatic rings. The van der Waals surface area contributed by atoms with E-state index in [1.807, 2.05) is 0 Å². The molecule has 1 aliphatic heterocycles. The summed E-state index contributed by atoms with van der Waals surface area (Å²) >= 11 is 0. The van der Waals surface area contributed by atoms with Gasteiger partial charge >= 0.3 is 0 Å². The number of nitrogens with zero attached hydrogens (tertiary/aromatic N) is 2. The summed E-state index contributed by atoms with van der Waals surface area (Å²) in [6.07, 6.45) is 3.72. The van der Waals surface area contributed by atoms with E-state index in [9.17, 15) is 18.0 Å². The Balaban J connectivity index is 1.56. The summed E-state index contributed by atoms with van der Waals surface area (Å²) in [5.41, 5.74) is 5.75. The highest BCUT2D eigenvalue weighted by Gasteiger charge is 2.33. The predicted octanol–water partition coefficient (Wildman–Crippen LogP) is 0.0680. The standard InChI is InChI=1S/C15H16N4O4S/c20-14(17-18-15(21)12-6-9-24(22,23)10-12)11-2-4-13(5-3-11)19-8-1-7-16-19/h1-5,7-8,12H,6,9-10H2,(H,17,20)(H,18,21)/t12-/m0/s1. The molecule has 0 aliphatic carbocycles. The lowest BCUT2D eigenvalue weighted by atomic mass is 10.1. The van der Waals surface area contributed by atoms with Gasteiger partial charge in [-0.05, 0) is 36.8 Å². The number of hydrazine groups is 1. The Hall–Kier alpha value is -2.68. The van der Waals surface area contributed by atoms with Gasteiger partial charge in [-0.3, -0.25) is 20.4 Å². The van der Waals surface area contributed by atoms with E-state index in [0.717, 1.165) is 5.69 Å². The zero-order chi connectivity index (χ0) is 17.2. The van der Waals surface area contributed by atoms with Crippen molar-refractivity contribution in [3.05, 3.63) is 48.3 Å². The van der Waals surface area contributed by atoms with Crippen LogP contribution in [0.3, 0.4) is 0 Å². The highest BCUT2D eigenvalue weighted by atomic mass is 32.2. The fourth-order valence-electron chi connectivity index (χ4n) is 2.48. The van der Waals surface area contributed by atoms with E-state index in [2.05, 4.69) is 16.0 Å². The van der Waals surface area contributed by atoms with Crippen molar-refractivity contribution < 1.29 is 18.0 Å². The molecule has 0 spiro atoms. The molecular weight excluding hydrogens is 332 g/mol. The van der Waals surface area contributed by atoms with Crippen molar-refractivity contribution in [3.63, 3.8) is 0 Å². The van der Waals surface area contributed by atoms with Crippen LogP contribution < -0.4 is 10.9 Å². The first-order valence-corrected chi connectivity index (χ1v) is 9.17. The predicted molar refractivity (Wildman–Crippen MR) is 85.9 cm³/mol. The second-order valence-corrected chi connectivity index (χ2v) is 7.77. The molecule has 1 saturated heterocycles. The molecule has 1 aromatic heterocycles. The first kappa shape index (κ1) is 16.2. The third-order valence-electron chi connectivity index (χ3n) is 3.80. The smallest absolute Gasteiger partial charge is 0.269 e. The van der Waals surface area contributed by atoms with Crippen molar-refractivity contribution in [2.75, 3.05) is 11.5 Å². The van der Waals surface area contributed by atoms with Crippen molar-refractivity contribution in [2.45, 2.75) is 6.42 Å². The second-order valence-electron chi connectivity index (χ2n) is 5.54. The minimum absolute atomic E-state index is 0.00786. The van der Waals surface area contributed by atoms with E-state index in [-0.39, 0.29) is 17.9 Å². The summed E-state index contributed by atoms with van der Waals surface area (Å²) in [6.45, 7) is 0. The number of hydrogen-bond acceptors (Lipinski definition) is 5. The maximum absolute atomic E-state index is 12.0. The Morgan fingerprint density at radius 3 is 2.50 bits per heavy atom. The number of nitrogens with one attached hydrogen (secondary N) is 2. The number of sulfone groups is 1. The van der Waals surface area contributed by atoms with Gasteiger partial charge in [0.25, 0.3) is 5.91 Å². The number of rotatable bonds is 3. The van der Waals surface area contributed by atoms with Crippen molar-refractivity contribution in [1.82, 2.24) is 20.6 Å². The van der Waals surface area contributed by atoms with Gasteiger partial charge < -0.3 is 0 Å². The van der Waals surface area contributed by atoms with Crippen molar-refractivity contribution in [2.24, 2.45) is 5.92 Å². The van der Waals surface area contributed by atoms with Gasteiger partial charge in [0.2, 0.25) is 5.91 Å². The van der Waals surface area contributed by atoms with Crippen LogP contribution in [-0.2, 0) is 14.6 Å². The number of carbonyl (C=O) groups excluding carboxylic acids is 2. The van der Waals surface area contributed by atoms with E-state index in [0.29, 0.717) is 5.56 Å². The average Bonchev–Trinajstić information content (AvgIpc) is 3.22. The molecule has 1 atom stereocenters. The number of amides is 2. The molecule has 2 heterocycles. The molecular formula is C15H16N4O4S. The third kappa shape index (κ3) is 3.62. The van der Waals surface area contributed by atoms with Gasteiger partial charge in [0.1, 0.15) is 0 Å². The molecule has 0 unspecified atom stereocenters. The maximum atomic E-state index is 12.0. The molecule has 126 valence electrons. The molecule has 2 N–H and O–H groups in total. The second kappa shape index (κ2) is 6.44. The Morgan fingerprint density at radius 1 is 1.17 bits per heavy atom. The summed E-state index contributed by atoms with van der Waals surface area (Å²) in [4.78, 5) is 23.9. The summed E-state index contributed by atoms with van der Waals surface area (Å²) in [6, 6.07) is 8.47. The monoisotopic (exact) mass is 348 g/mol. The normalized spacial score (nSPS) is 18.9. The molecule has 0 radical (unpaired) electrons. The number of aromatic nitrogens is 2. The van der Waals surface area contributed by atoms with Crippen LogP contribution in [0.25, 0.3) is 5.69 Å². The third-order valence-corrected chi connectivity index (χ3v) is 5.57. The molecule has 2 amide bonds. The van der Waals surface area contributed by atoms with Gasteiger partial charge in [-0.2, -0.15) is 5.10 Å². The van der Waals surface area contributed by atoms with Crippen LogP contribution in [0.2, 0.25) is 0 Å². The Bertz CT molecular complexity index is 844. The zero-order valence-corrected chi connectivity index (χ0v) is 13.5. The zero-order valence-electron chi connectivity index (χ0n) is 12.7. The molecule has 1 aromatic carbocycles. The van der Waals surface area contributed by atoms with Crippen molar-refractivity contribution >= 4 is 21.7 Å². The van der Waals surface area contributed by atoms with E-state index in [4.69, 9.17) is 0 Å². The highest BCUT2D eigenvalue weighted by molar-refractivity contribution is 7.91. The van der Waals surface area contributed by atoms with Crippen LogP contribution in [0.15, 0.2) is 42.7 Å². The van der Waals surface area contributed by atoms with Crippen LogP contribution in [-0.4, -0.2) is 41.5 Å². The van der Waals surface area contributed by atoms with E-state index >= 15 is 0 Å². The van der Waals surface area contributed by atoms with Crippen molar-refractivity contribution in [1.29, 1.82) is 0 Å². The fraction of sp³-hybridized carbons (Fsp3) is 0.267. The van der Waals surface area contributed by atoms with Gasteiger partial charge in [0.15, 0.2) is 9.84 Å². The SMILES string of the molecule is O=C(NNC(=O)[C@H]1CCS(=O)(=O)C1)c1ccc(-n2cccn2)cc1. The molecule has 0 saturated carbocycles. The quantitative estimate of drug-likeness (QED) is 0.763. The highest BCUT2D eigenvalue weighted by Crippen LogP contribution is 2.18. The summed E-state index contributed by atoms with van der Waals surface area (Å²) in [5, 5.41) is 4.09. The van der Waals surface area contributed by atoms with Crippen LogP contribution >= 0.6 is 0 Å². The lowest BCUT2D eigenvalue weighted by molar-refractivity contribution is -0.125. The first-order valence-electron chi connectivity index (χ1n) is 7.35. The first-order chi connectivity index (χ1) is 11.4. The topological polar surface area (TPSA) is 110 Å². The van der Waals surface area contributed by atoms with Gasteiger partial charge in [-0.1, -0.05) is 0 Å². The Kier molecular flexibility index (Phi) is 4.34. The number of carbonyl (C=O) groups is 2. The van der Waals surface area contributed by atoms with E-state index in [1.54, 1.807) is 47.4 Å². The average molecular weight is 348 g/mol. The molecule has 24 heavy (non-hydrogen) atoms. The van der Waals surface area contributed by atoms with Gasteiger partial charge in [0, 0.05) is 18.0 Å². The largest absolute Gasteiger partial charge is 0.273 e. The minimum atomic E-state index is -3.14. The number of hydrogen-bond donors (Lipinski definition) is 2. The molecule has 0 bridgehead atoms. The molecule has 2 aromatic rings. The fourth-order valence-corrected chi connectivity index (χ4v) is 4.22. The van der Waals surface area contributed by atoms with E-state index in [1.165, 1.54) is 0 Å². The summed E-state index contributed by atoms with van der Waals surface area (Å²) < 4.78 is 24.4. The van der Waals surface area contributed by atoms with Gasteiger partial charge in [-0.15, -0.1) is 0 Å². The Morgan fingerprint density at radius 2 is 1.92 bits per heavy atom. The van der Waals surface area contributed by atoms with Crippen LogP contribution in [0.5, 0.6) is 0 Å². The lowest BCUT2D eigenvalue weighted by Gasteiger charge is -2.11. The summed E-state index contributed by atoms with van der Waals surface area (Å²) in [5.74, 6) is -1.74. The minimum Gasteiger partial charge on any atom is -0.273 e. The molecule has 9 heteroatoms. The lowest BCUT2D eigenvalue weighted by Crippen LogP contribution is -2.44. The van der Waals surface area contributed by atoms with Gasteiger partial charge in [-0.25, -0.2) is 13.1 Å². The molecule has 1 fully saturated rings.